The van der Waals surface area contributed by atoms with Gasteiger partial charge < -0.3 is 13.7 Å². The van der Waals surface area contributed by atoms with Crippen molar-refractivity contribution in [2.45, 2.75) is 12.4 Å². The Labute approximate surface area is 331 Å². The highest BCUT2D eigenvalue weighted by Gasteiger charge is 2.43. The second-order valence-electron chi connectivity index (χ2n) is 14.1. The predicted molar refractivity (Wildman–Crippen MR) is 218 cm³/mol. The van der Waals surface area contributed by atoms with Gasteiger partial charge in [0.05, 0.1) is 11.1 Å². The van der Waals surface area contributed by atoms with Crippen molar-refractivity contribution in [2.24, 2.45) is 0 Å². The second-order valence-corrected chi connectivity index (χ2v) is 14.1. The third-order valence-corrected chi connectivity index (χ3v) is 10.3. The molecule has 0 saturated carbocycles. The van der Waals surface area contributed by atoms with Crippen LogP contribution < -0.4 is 4.90 Å². The lowest BCUT2D eigenvalue weighted by Crippen LogP contribution is -2.16. The molecule has 59 heavy (non-hydrogen) atoms. The van der Waals surface area contributed by atoms with Gasteiger partial charge in [0, 0.05) is 28.2 Å². The number of halogens is 6. The molecule has 0 spiro atoms. The number of rotatable bonds is 6. The fourth-order valence-electron chi connectivity index (χ4n) is 7.44. The van der Waals surface area contributed by atoms with Crippen LogP contribution in [0.1, 0.15) is 11.1 Å². The van der Waals surface area contributed by atoms with Crippen molar-refractivity contribution >= 4 is 60.8 Å². The molecule has 0 aliphatic rings. The average Bonchev–Trinajstić information content (AvgIpc) is 3.88. The number of fused-ring (bicyclic) bond motifs is 4. The van der Waals surface area contributed by atoms with Gasteiger partial charge in [-0.15, -0.1) is 0 Å². The van der Waals surface area contributed by atoms with E-state index in [1.807, 2.05) is 133 Å². The van der Waals surface area contributed by atoms with E-state index in [2.05, 4.69) is 14.9 Å². The molecule has 10 rings (SSSR count). The molecule has 288 valence electrons. The lowest BCUT2D eigenvalue weighted by Gasteiger charge is -2.26. The first kappa shape index (κ1) is 36.0. The maximum atomic E-state index is 13.7. The van der Waals surface area contributed by atoms with Gasteiger partial charge in [-0.25, -0.2) is 9.97 Å². The van der Waals surface area contributed by atoms with E-state index >= 15 is 0 Å². The van der Waals surface area contributed by atoms with Crippen LogP contribution in [0.25, 0.3) is 77.8 Å². The Kier molecular flexibility index (Phi) is 8.31. The van der Waals surface area contributed by atoms with Crippen molar-refractivity contribution < 1.29 is 35.2 Å². The Morgan fingerprint density at radius 3 is 1.25 bits per heavy atom. The summed E-state index contributed by atoms with van der Waals surface area (Å²) >= 11 is 0. The van der Waals surface area contributed by atoms with Gasteiger partial charge in [-0.3, -0.25) is 0 Å². The molecule has 0 N–H and O–H groups in total. The largest absolute Gasteiger partial charge is 0.436 e. The summed E-state index contributed by atoms with van der Waals surface area (Å²) in [5, 5.41) is 1.85. The SMILES string of the molecule is FC(F)(F)c1cc2ccc(-c3ccc4cc(N(c5ccc(-c6nc7ccccc7o6)cc5)c5ccc(-c6nc7ccccc7o6)cc5)ccc4c3)cc2cc1C(F)(F)F. The number of hydrogen-bond donors (Lipinski definition) is 0. The summed E-state index contributed by atoms with van der Waals surface area (Å²) in [6.07, 6.45) is -10.3. The number of nitrogens with zero attached hydrogens (tertiary/aromatic N) is 3. The topological polar surface area (TPSA) is 55.3 Å². The van der Waals surface area contributed by atoms with Gasteiger partial charge in [0.2, 0.25) is 11.8 Å². The van der Waals surface area contributed by atoms with Crippen LogP contribution in [0.4, 0.5) is 43.4 Å². The van der Waals surface area contributed by atoms with Crippen LogP contribution in [0.3, 0.4) is 0 Å². The quantitative estimate of drug-likeness (QED) is 0.157. The van der Waals surface area contributed by atoms with Crippen molar-refractivity contribution in [3.63, 3.8) is 0 Å². The lowest BCUT2D eigenvalue weighted by atomic mass is 9.95. The summed E-state index contributed by atoms with van der Waals surface area (Å²) in [5.41, 5.74) is 4.95. The molecule has 10 aromatic rings. The molecule has 5 nitrogen and oxygen atoms in total. The van der Waals surface area contributed by atoms with Gasteiger partial charge in [0.1, 0.15) is 11.0 Å². The van der Waals surface area contributed by atoms with E-state index < -0.39 is 23.5 Å². The zero-order chi connectivity index (χ0) is 40.5. The first-order valence-corrected chi connectivity index (χ1v) is 18.4. The standard InChI is InChI=1S/C48H27F6N3O2/c49-47(50,51)39-26-34-12-10-31(24-35(34)27-40(39)48(52,53)54)30-9-11-33-25-38(22-17-32(33)23-30)57(36-18-13-28(14-19-36)45-55-41-5-1-3-7-43(41)58-45)37-20-15-29(16-21-37)46-56-42-6-2-4-8-44(42)59-46/h1-27H. The summed E-state index contributed by atoms with van der Waals surface area (Å²) in [5.74, 6) is 1.01. The van der Waals surface area contributed by atoms with E-state index in [0.29, 0.717) is 46.2 Å². The van der Waals surface area contributed by atoms with E-state index in [-0.39, 0.29) is 10.8 Å². The molecule has 0 radical (unpaired) electrons. The molecule has 0 atom stereocenters. The number of benzene rings is 8. The Bertz CT molecular complexity index is 3020. The summed E-state index contributed by atoms with van der Waals surface area (Å²) in [4.78, 5) is 11.4. The molecule has 0 aliphatic carbocycles. The molecule has 2 heterocycles. The maximum Gasteiger partial charge on any atom is 0.417 e. The van der Waals surface area contributed by atoms with E-state index in [0.717, 1.165) is 50.0 Å². The number of anilines is 3. The molecule has 8 aromatic carbocycles. The van der Waals surface area contributed by atoms with E-state index in [1.165, 1.54) is 12.1 Å². The monoisotopic (exact) mass is 791 g/mol. The van der Waals surface area contributed by atoms with Gasteiger partial charge in [0.25, 0.3) is 0 Å². The summed E-state index contributed by atoms with van der Waals surface area (Å²) < 4.78 is 94.0. The van der Waals surface area contributed by atoms with Crippen LogP contribution in [0.15, 0.2) is 173 Å². The maximum absolute atomic E-state index is 13.7. The van der Waals surface area contributed by atoms with Crippen molar-refractivity contribution in [3.8, 4) is 34.0 Å². The molecule has 11 heteroatoms. The van der Waals surface area contributed by atoms with Crippen molar-refractivity contribution in [3.05, 3.63) is 175 Å². The number of alkyl halides is 6. The van der Waals surface area contributed by atoms with E-state index in [9.17, 15) is 26.3 Å². The predicted octanol–water partition coefficient (Wildman–Crippen LogP) is 14.8. The Balaban J connectivity index is 1.02. The van der Waals surface area contributed by atoms with Crippen LogP contribution >= 0.6 is 0 Å². The zero-order valence-electron chi connectivity index (χ0n) is 30.5. The van der Waals surface area contributed by atoms with Gasteiger partial charge in [0.15, 0.2) is 11.2 Å². The van der Waals surface area contributed by atoms with Gasteiger partial charge >= 0.3 is 12.4 Å². The van der Waals surface area contributed by atoms with E-state index in [4.69, 9.17) is 8.83 Å². The number of hydrogen-bond acceptors (Lipinski definition) is 5. The first-order valence-electron chi connectivity index (χ1n) is 18.4. The van der Waals surface area contributed by atoms with Crippen molar-refractivity contribution in [1.29, 1.82) is 0 Å². The van der Waals surface area contributed by atoms with Crippen LogP contribution in [-0.4, -0.2) is 9.97 Å². The number of aromatic nitrogens is 2. The summed E-state index contributed by atoms with van der Waals surface area (Å²) in [6, 6.07) is 48.2. The fraction of sp³-hybridized carbons (Fsp3) is 0.0417. The Morgan fingerprint density at radius 1 is 0.373 bits per heavy atom. The normalized spacial score (nSPS) is 12.2. The molecular formula is C48H27F6N3O2. The van der Waals surface area contributed by atoms with Crippen LogP contribution in [-0.2, 0) is 12.4 Å². The average molecular weight is 792 g/mol. The third kappa shape index (κ3) is 6.70. The minimum atomic E-state index is -5.18. The third-order valence-electron chi connectivity index (χ3n) is 10.3. The molecule has 0 unspecified atom stereocenters. The highest BCUT2D eigenvalue weighted by Crippen LogP contribution is 2.43. The van der Waals surface area contributed by atoms with Crippen LogP contribution in [0, 0.1) is 0 Å². The Hall–Kier alpha value is -7.40. The molecule has 0 saturated heterocycles. The fourth-order valence-corrected chi connectivity index (χ4v) is 7.44. The van der Waals surface area contributed by atoms with Gasteiger partial charge in [-0.05, 0) is 142 Å². The molecular weight excluding hydrogens is 765 g/mol. The zero-order valence-corrected chi connectivity index (χ0v) is 30.5. The molecule has 0 fully saturated rings. The highest BCUT2D eigenvalue weighted by molar-refractivity contribution is 5.94. The Morgan fingerprint density at radius 2 is 0.763 bits per heavy atom. The highest BCUT2D eigenvalue weighted by atomic mass is 19.4. The van der Waals surface area contributed by atoms with Crippen molar-refractivity contribution in [1.82, 2.24) is 9.97 Å². The summed E-state index contributed by atoms with van der Waals surface area (Å²) in [7, 11) is 0. The molecule has 2 aromatic heterocycles. The summed E-state index contributed by atoms with van der Waals surface area (Å²) in [6.45, 7) is 0. The van der Waals surface area contributed by atoms with E-state index in [1.54, 1.807) is 6.07 Å². The van der Waals surface area contributed by atoms with Crippen LogP contribution in [0.2, 0.25) is 0 Å². The van der Waals surface area contributed by atoms with Gasteiger partial charge in [-0.2, -0.15) is 26.3 Å². The van der Waals surface area contributed by atoms with Crippen LogP contribution in [0.5, 0.6) is 0 Å². The number of para-hydroxylation sites is 4. The van der Waals surface area contributed by atoms with Gasteiger partial charge in [-0.1, -0.05) is 54.6 Å². The molecule has 0 bridgehead atoms. The first-order chi connectivity index (χ1) is 28.4. The minimum Gasteiger partial charge on any atom is -0.436 e. The lowest BCUT2D eigenvalue weighted by molar-refractivity contribution is -0.161. The second kappa shape index (κ2) is 13.6. The van der Waals surface area contributed by atoms with Crippen molar-refractivity contribution in [2.75, 3.05) is 4.90 Å². The molecule has 0 amide bonds. The number of oxazole rings is 2. The minimum absolute atomic E-state index is 0.0538. The smallest absolute Gasteiger partial charge is 0.417 e. The molecule has 0 aliphatic heterocycles.